The number of benzene rings is 2. The summed E-state index contributed by atoms with van der Waals surface area (Å²) >= 11 is 7.58. The Bertz CT molecular complexity index is 1020. The van der Waals surface area contributed by atoms with Crippen LogP contribution in [0.4, 0.5) is 5.69 Å². The lowest BCUT2D eigenvalue weighted by Crippen LogP contribution is -2.31. The van der Waals surface area contributed by atoms with Crippen LogP contribution in [-0.4, -0.2) is 29.4 Å². The molecule has 1 aliphatic heterocycles. The lowest BCUT2D eigenvalue weighted by molar-refractivity contribution is -0.139. The second-order valence-corrected chi connectivity index (χ2v) is 8.06. The van der Waals surface area contributed by atoms with Gasteiger partial charge in [-0.15, -0.1) is 0 Å². The number of halogens is 1. The van der Waals surface area contributed by atoms with E-state index >= 15 is 0 Å². The summed E-state index contributed by atoms with van der Waals surface area (Å²) < 4.78 is 4.99. The van der Waals surface area contributed by atoms with Gasteiger partial charge in [-0.2, -0.15) is 0 Å². The number of ether oxygens (including phenoxy) is 1. The predicted molar refractivity (Wildman–Crippen MR) is 124 cm³/mol. The van der Waals surface area contributed by atoms with Crippen LogP contribution in [-0.2, 0) is 20.7 Å². The Hall–Kier alpha value is -2.57. The van der Waals surface area contributed by atoms with Crippen LogP contribution in [0.3, 0.4) is 0 Å². The van der Waals surface area contributed by atoms with Crippen LogP contribution in [0.15, 0.2) is 53.2 Å². The number of nitrogens with zero attached hydrogens (tertiary/aromatic N) is 2. The van der Waals surface area contributed by atoms with Crippen molar-refractivity contribution < 1.29 is 14.3 Å². The molecule has 0 aromatic heterocycles. The number of aryl methyl sites for hydroxylation is 2. The average molecular weight is 443 g/mol. The highest BCUT2D eigenvalue weighted by Crippen LogP contribution is 2.34. The largest absolute Gasteiger partial charge is 0.465 e. The Morgan fingerprint density at radius 2 is 1.93 bits per heavy atom. The van der Waals surface area contributed by atoms with E-state index in [0.29, 0.717) is 28.2 Å². The summed E-state index contributed by atoms with van der Waals surface area (Å²) in [6.45, 7) is 6.07. The molecule has 0 radical (unpaired) electrons. The molecule has 156 valence electrons. The maximum absolute atomic E-state index is 13.2. The number of thioether (sulfide) groups is 1. The molecule has 0 saturated carbocycles. The van der Waals surface area contributed by atoms with Crippen molar-refractivity contribution in [3.63, 3.8) is 0 Å². The third-order valence-electron chi connectivity index (χ3n) is 4.49. The first-order chi connectivity index (χ1) is 14.4. The molecule has 0 unspecified atom stereocenters. The number of hydrogen-bond donors (Lipinski definition) is 0. The highest BCUT2D eigenvalue weighted by molar-refractivity contribution is 8.14. The Kier molecular flexibility index (Phi) is 7.34. The van der Waals surface area contributed by atoms with Crippen LogP contribution < -0.4 is 4.90 Å². The number of carbonyl (C=O) groups excluding carboxylic acids is 2. The highest BCUT2D eigenvalue weighted by atomic mass is 35.5. The summed E-state index contributed by atoms with van der Waals surface area (Å²) in [5, 5.41) is 0.844. The summed E-state index contributed by atoms with van der Waals surface area (Å²) in [7, 11) is 0. The van der Waals surface area contributed by atoms with Crippen LogP contribution in [0, 0.1) is 6.92 Å². The molecule has 1 amide bonds. The third kappa shape index (κ3) is 5.12. The lowest BCUT2D eigenvalue weighted by atomic mass is 10.1. The van der Waals surface area contributed by atoms with Gasteiger partial charge in [0.25, 0.3) is 5.91 Å². The number of amides is 1. The summed E-state index contributed by atoms with van der Waals surface area (Å²) in [6.07, 6.45) is 2.69. The minimum absolute atomic E-state index is 0.0540. The molecule has 0 spiro atoms. The summed E-state index contributed by atoms with van der Waals surface area (Å²) in [5.74, 6) is -0.592. The molecule has 0 aliphatic carbocycles. The molecule has 30 heavy (non-hydrogen) atoms. The van der Waals surface area contributed by atoms with E-state index in [1.165, 1.54) is 10.5 Å². The van der Waals surface area contributed by atoms with Crippen LogP contribution in [0.25, 0.3) is 6.08 Å². The normalized spacial score (nSPS) is 14.9. The van der Waals surface area contributed by atoms with E-state index in [1.807, 2.05) is 37.3 Å². The van der Waals surface area contributed by atoms with Gasteiger partial charge in [-0.1, -0.05) is 60.6 Å². The van der Waals surface area contributed by atoms with E-state index in [9.17, 15) is 9.59 Å². The zero-order valence-corrected chi connectivity index (χ0v) is 18.7. The molecular formula is C23H23ClN2O3S. The fourth-order valence-corrected chi connectivity index (χ4v) is 4.06. The van der Waals surface area contributed by atoms with Gasteiger partial charge >= 0.3 is 5.97 Å². The Morgan fingerprint density at radius 3 is 2.57 bits per heavy atom. The van der Waals surface area contributed by atoms with E-state index in [-0.39, 0.29) is 17.6 Å². The number of carbonyl (C=O) groups is 2. The zero-order chi connectivity index (χ0) is 21.7. The van der Waals surface area contributed by atoms with Gasteiger partial charge in [-0.25, -0.2) is 4.99 Å². The fraction of sp³-hybridized carbons (Fsp3) is 0.261. The van der Waals surface area contributed by atoms with Crippen molar-refractivity contribution in [2.24, 2.45) is 4.99 Å². The average Bonchev–Trinajstić information content (AvgIpc) is 3.02. The van der Waals surface area contributed by atoms with Crippen molar-refractivity contribution in [3.05, 3.63) is 69.9 Å². The number of esters is 1. The summed E-state index contributed by atoms with van der Waals surface area (Å²) in [4.78, 5) is 31.0. The minimum atomic E-state index is -0.361. The van der Waals surface area contributed by atoms with Gasteiger partial charge in [0.2, 0.25) is 0 Å². The predicted octanol–water partition coefficient (Wildman–Crippen LogP) is 5.25. The molecule has 0 saturated heterocycles. The van der Waals surface area contributed by atoms with Crippen LogP contribution >= 0.6 is 23.4 Å². The van der Waals surface area contributed by atoms with Gasteiger partial charge in [-0.3, -0.25) is 14.5 Å². The van der Waals surface area contributed by atoms with Crippen LogP contribution in [0.1, 0.15) is 30.5 Å². The fourth-order valence-electron chi connectivity index (χ4n) is 2.93. The maximum Gasteiger partial charge on any atom is 0.316 e. The molecule has 0 N–H and O–H groups in total. The maximum atomic E-state index is 13.2. The van der Waals surface area contributed by atoms with Gasteiger partial charge in [0.15, 0.2) is 5.17 Å². The SMILES string of the molecule is CCOC(=O)CSC1=N/C(=C/c2ccc(CC)cc2)C(=O)N1c1ccc(C)cc1Cl. The third-order valence-corrected chi connectivity index (χ3v) is 5.70. The molecule has 0 fully saturated rings. The Balaban J connectivity index is 1.95. The monoisotopic (exact) mass is 442 g/mol. The second-order valence-electron chi connectivity index (χ2n) is 6.71. The van der Waals surface area contributed by atoms with Crippen LogP contribution in [0.2, 0.25) is 5.02 Å². The molecule has 1 aliphatic rings. The topological polar surface area (TPSA) is 59.0 Å². The van der Waals surface area contributed by atoms with Gasteiger partial charge in [-0.05, 0) is 55.2 Å². The quantitative estimate of drug-likeness (QED) is 0.452. The molecule has 0 bridgehead atoms. The van der Waals surface area contributed by atoms with E-state index in [2.05, 4.69) is 11.9 Å². The van der Waals surface area contributed by atoms with E-state index < -0.39 is 0 Å². The number of amidine groups is 1. The second kappa shape index (κ2) is 9.96. The lowest BCUT2D eigenvalue weighted by Gasteiger charge is -2.19. The van der Waals surface area contributed by atoms with Gasteiger partial charge < -0.3 is 4.74 Å². The van der Waals surface area contributed by atoms with Crippen molar-refractivity contribution in [1.29, 1.82) is 0 Å². The number of aliphatic imine (C=N–C) groups is 1. The van der Waals surface area contributed by atoms with Crippen molar-refractivity contribution in [3.8, 4) is 0 Å². The number of hydrogen-bond acceptors (Lipinski definition) is 5. The molecule has 5 nitrogen and oxygen atoms in total. The van der Waals surface area contributed by atoms with E-state index in [4.69, 9.17) is 16.3 Å². The standard InChI is InChI=1S/C23H23ClN2O3S/c1-4-16-7-9-17(10-8-16)13-19-22(28)26(20-11-6-15(3)12-18(20)24)23(25-19)30-14-21(27)29-5-2/h6-13H,4-5,14H2,1-3H3/b19-13+. The zero-order valence-electron chi connectivity index (χ0n) is 17.1. The molecule has 7 heteroatoms. The molecule has 1 heterocycles. The minimum Gasteiger partial charge on any atom is -0.465 e. The van der Waals surface area contributed by atoms with Gasteiger partial charge in [0.1, 0.15) is 5.70 Å². The molecule has 0 atom stereocenters. The van der Waals surface area contributed by atoms with Crippen molar-refractivity contribution in [1.82, 2.24) is 0 Å². The Morgan fingerprint density at radius 1 is 1.20 bits per heavy atom. The first-order valence-electron chi connectivity index (χ1n) is 9.71. The van der Waals surface area contributed by atoms with E-state index in [1.54, 1.807) is 25.1 Å². The Labute approximate surface area is 185 Å². The van der Waals surface area contributed by atoms with Gasteiger partial charge in [0.05, 0.1) is 23.1 Å². The number of anilines is 1. The van der Waals surface area contributed by atoms with Crippen molar-refractivity contribution in [2.75, 3.05) is 17.3 Å². The molecular weight excluding hydrogens is 420 g/mol. The van der Waals surface area contributed by atoms with E-state index in [0.717, 1.165) is 29.3 Å². The number of rotatable bonds is 6. The van der Waals surface area contributed by atoms with Gasteiger partial charge in [0, 0.05) is 0 Å². The molecule has 2 aromatic carbocycles. The first kappa shape index (κ1) is 22.1. The summed E-state index contributed by atoms with van der Waals surface area (Å²) in [5.41, 5.74) is 3.91. The summed E-state index contributed by atoms with van der Waals surface area (Å²) in [6, 6.07) is 13.4. The van der Waals surface area contributed by atoms with Crippen LogP contribution in [0.5, 0.6) is 0 Å². The highest BCUT2D eigenvalue weighted by Gasteiger charge is 2.33. The first-order valence-corrected chi connectivity index (χ1v) is 11.1. The van der Waals surface area contributed by atoms with Crippen molar-refractivity contribution >= 4 is 52.2 Å². The smallest absolute Gasteiger partial charge is 0.316 e. The van der Waals surface area contributed by atoms with Crippen molar-refractivity contribution in [2.45, 2.75) is 27.2 Å². The molecule has 3 rings (SSSR count). The molecule has 2 aromatic rings.